The van der Waals surface area contributed by atoms with Gasteiger partial charge in [-0.3, -0.25) is 10.1 Å². The third-order valence-electron chi connectivity index (χ3n) is 3.14. The van der Waals surface area contributed by atoms with E-state index in [2.05, 4.69) is 4.90 Å². The second-order valence-electron chi connectivity index (χ2n) is 4.41. The van der Waals surface area contributed by atoms with Crippen molar-refractivity contribution in [2.24, 2.45) is 0 Å². The first-order valence-electron chi connectivity index (χ1n) is 5.97. The van der Waals surface area contributed by atoms with Crippen molar-refractivity contribution in [3.05, 3.63) is 28.3 Å². The van der Waals surface area contributed by atoms with Gasteiger partial charge < -0.3 is 10.6 Å². The largest absolute Gasteiger partial charge is 0.399 e. The Labute approximate surface area is 100 Å². The highest BCUT2D eigenvalue weighted by Gasteiger charge is 2.20. The lowest BCUT2D eigenvalue weighted by atomic mass is 10.2. The van der Waals surface area contributed by atoms with Crippen LogP contribution in [0.3, 0.4) is 0 Å². The lowest BCUT2D eigenvalue weighted by Gasteiger charge is -2.22. The van der Waals surface area contributed by atoms with Crippen molar-refractivity contribution in [1.82, 2.24) is 0 Å². The first kappa shape index (κ1) is 11.7. The van der Waals surface area contributed by atoms with Crippen LogP contribution in [0.1, 0.15) is 25.7 Å². The third kappa shape index (κ3) is 2.67. The molecule has 0 bridgehead atoms. The number of benzene rings is 1. The van der Waals surface area contributed by atoms with Gasteiger partial charge in [0.05, 0.1) is 4.92 Å². The molecule has 0 saturated carbocycles. The Balaban J connectivity index is 2.32. The second-order valence-corrected chi connectivity index (χ2v) is 4.41. The molecular weight excluding hydrogens is 218 g/mol. The van der Waals surface area contributed by atoms with Gasteiger partial charge in [-0.2, -0.15) is 0 Å². The van der Waals surface area contributed by atoms with Gasteiger partial charge in [-0.1, -0.05) is 12.8 Å². The van der Waals surface area contributed by atoms with Gasteiger partial charge in [0.15, 0.2) is 0 Å². The van der Waals surface area contributed by atoms with Gasteiger partial charge in [0.25, 0.3) is 5.69 Å². The van der Waals surface area contributed by atoms with Crippen molar-refractivity contribution in [2.45, 2.75) is 25.7 Å². The summed E-state index contributed by atoms with van der Waals surface area (Å²) in [5.41, 5.74) is 6.86. The summed E-state index contributed by atoms with van der Waals surface area (Å²) in [6.07, 6.45) is 4.61. The molecule has 2 rings (SSSR count). The molecule has 1 saturated heterocycles. The molecule has 92 valence electrons. The lowest BCUT2D eigenvalue weighted by Crippen LogP contribution is -2.24. The fourth-order valence-electron chi connectivity index (χ4n) is 2.27. The molecule has 0 aromatic heterocycles. The number of nitro groups is 1. The molecule has 5 nitrogen and oxygen atoms in total. The summed E-state index contributed by atoms with van der Waals surface area (Å²) in [5.74, 6) is 0. The van der Waals surface area contributed by atoms with Crippen LogP contribution >= 0.6 is 0 Å². The number of nitrogens with zero attached hydrogens (tertiary/aromatic N) is 2. The standard InChI is InChI=1S/C12H17N3O2/c13-10-5-6-11(12(9-10)15(16)17)14-7-3-1-2-4-8-14/h5-6,9H,1-4,7-8,13H2. The maximum Gasteiger partial charge on any atom is 0.294 e. The number of hydrogen-bond donors (Lipinski definition) is 1. The van der Waals surface area contributed by atoms with Gasteiger partial charge in [-0.05, 0) is 25.0 Å². The molecule has 1 fully saturated rings. The maximum atomic E-state index is 11.0. The lowest BCUT2D eigenvalue weighted by molar-refractivity contribution is -0.384. The first-order chi connectivity index (χ1) is 8.18. The van der Waals surface area contributed by atoms with E-state index in [0.29, 0.717) is 11.4 Å². The SMILES string of the molecule is Nc1ccc(N2CCCCCC2)c([N+](=O)[O-])c1. The highest BCUT2D eigenvalue weighted by molar-refractivity contribution is 5.68. The summed E-state index contributed by atoms with van der Waals surface area (Å²) in [4.78, 5) is 12.8. The predicted molar refractivity (Wildman–Crippen MR) is 68.2 cm³/mol. The quantitative estimate of drug-likeness (QED) is 0.485. The molecule has 1 aliphatic heterocycles. The topological polar surface area (TPSA) is 72.4 Å². The van der Waals surface area contributed by atoms with Crippen LogP contribution in [0.25, 0.3) is 0 Å². The fraction of sp³-hybridized carbons (Fsp3) is 0.500. The van der Waals surface area contributed by atoms with Gasteiger partial charge in [0, 0.05) is 24.8 Å². The van der Waals surface area contributed by atoms with E-state index in [9.17, 15) is 10.1 Å². The summed E-state index contributed by atoms with van der Waals surface area (Å²) < 4.78 is 0. The number of anilines is 2. The van der Waals surface area contributed by atoms with Gasteiger partial charge >= 0.3 is 0 Å². The molecule has 0 spiro atoms. The van der Waals surface area contributed by atoms with E-state index in [-0.39, 0.29) is 10.6 Å². The van der Waals surface area contributed by atoms with Crippen LogP contribution in [0.2, 0.25) is 0 Å². The predicted octanol–water partition coefficient (Wildman–Crippen LogP) is 2.56. The van der Waals surface area contributed by atoms with Crippen LogP contribution in [0, 0.1) is 10.1 Å². The third-order valence-corrected chi connectivity index (χ3v) is 3.14. The Morgan fingerprint density at radius 3 is 2.41 bits per heavy atom. The van der Waals surface area contributed by atoms with Crippen molar-refractivity contribution in [1.29, 1.82) is 0 Å². The molecule has 0 unspecified atom stereocenters. The van der Waals surface area contributed by atoms with Crippen LogP contribution in [0.5, 0.6) is 0 Å². The van der Waals surface area contributed by atoms with Crippen LogP contribution in [-0.4, -0.2) is 18.0 Å². The van der Waals surface area contributed by atoms with Crippen LogP contribution in [0.15, 0.2) is 18.2 Å². The van der Waals surface area contributed by atoms with E-state index in [1.807, 2.05) is 0 Å². The molecule has 0 amide bonds. The molecule has 0 atom stereocenters. The Morgan fingerprint density at radius 2 is 1.82 bits per heavy atom. The van der Waals surface area contributed by atoms with Gasteiger partial charge in [0.1, 0.15) is 5.69 Å². The Bertz CT molecular complexity index is 412. The zero-order valence-corrected chi connectivity index (χ0v) is 9.76. The smallest absolute Gasteiger partial charge is 0.294 e. The molecule has 0 aliphatic carbocycles. The van der Waals surface area contributed by atoms with E-state index in [1.54, 1.807) is 12.1 Å². The van der Waals surface area contributed by atoms with Crippen molar-refractivity contribution in [3.8, 4) is 0 Å². The maximum absolute atomic E-state index is 11.0. The Hall–Kier alpha value is -1.78. The summed E-state index contributed by atoms with van der Waals surface area (Å²) in [6.45, 7) is 1.79. The fourth-order valence-corrected chi connectivity index (χ4v) is 2.27. The number of nitrogens with two attached hydrogens (primary N) is 1. The van der Waals surface area contributed by atoms with E-state index in [0.717, 1.165) is 25.9 Å². The highest BCUT2D eigenvalue weighted by atomic mass is 16.6. The summed E-state index contributed by atoms with van der Waals surface area (Å²) >= 11 is 0. The minimum absolute atomic E-state index is 0.118. The number of nitrogen functional groups attached to an aromatic ring is 1. The average Bonchev–Trinajstić information content (AvgIpc) is 2.57. The summed E-state index contributed by atoms with van der Waals surface area (Å²) in [6, 6.07) is 4.94. The normalized spacial score (nSPS) is 16.6. The molecule has 1 aliphatic rings. The van der Waals surface area contributed by atoms with Gasteiger partial charge in [0.2, 0.25) is 0 Å². The van der Waals surface area contributed by atoms with E-state index in [1.165, 1.54) is 18.9 Å². The monoisotopic (exact) mass is 235 g/mol. The van der Waals surface area contributed by atoms with Crippen molar-refractivity contribution in [3.63, 3.8) is 0 Å². The first-order valence-corrected chi connectivity index (χ1v) is 5.97. The van der Waals surface area contributed by atoms with Crippen LogP contribution < -0.4 is 10.6 Å². The minimum atomic E-state index is -0.351. The average molecular weight is 235 g/mol. The summed E-state index contributed by atoms with van der Waals surface area (Å²) in [7, 11) is 0. The van der Waals surface area contributed by atoms with E-state index in [4.69, 9.17) is 5.73 Å². The number of nitro benzene ring substituents is 1. The van der Waals surface area contributed by atoms with Crippen LogP contribution in [-0.2, 0) is 0 Å². The zero-order valence-electron chi connectivity index (χ0n) is 9.76. The van der Waals surface area contributed by atoms with Crippen molar-refractivity contribution < 1.29 is 4.92 Å². The zero-order chi connectivity index (χ0) is 12.3. The molecular formula is C12H17N3O2. The van der Waals surface area contributed by atoms with E-state index < -0.39 is 0 Å². The van der Waals surface area contributed by atoms with E-state index >= 15 is 0 Å². The van der Waals surface area contributed by atoms with Crippen molar-refractivity contribution >= 4 is 17.1 Å². The highest BCUT2D eigenvalue weighted by Crippen LogP contribution is 2.31. The number of hydrogen-bond acceptors (Lipinski definition) is 4. The van der Waals surface area contributed by atoms with Crippen LogP contribution in [0.4, 0.5) is 17.1 Å². The molecule has 1 aromatic rings. The van der Waals surface area contributed by atoms with Gasteiger partial charge in [-0.15, -0.1) is 0 Å². The molecule has 17 heavy (non-hydrogen) atoms. The Morgan fingerprint density at radius 1 is 1.18 bits per heavy atom. The molecule has 5 heteroatoms. The number of rotatable bonds is 2. The Kier molecular flexibility index (Phi) is 3.46. The minimum Gasteiger partial charge on any atom is -0.399 e. The summed E-state index contributed by atoms with van der Waals surface area (Å²) in [5, 5.41) is 11.0. The van der Waals surface area contributed by atoms with Crippen molar-refractivity contribution in [2.75, 3.05) is 23.7 Å². The second kappa shape index (κ2) is 5.03. The molecule has 1 heterocycles. The molecule has 0 radical (unpaired) electrons. The molecule has 2 N–H and O–H groups in total. The molecule has 1 aromatic carbocycles. The van der Waals surface area contributed by atoms with Gasteiger partial charge in [-0.25, -0.2) is 0 Å².